The van der Waals surface area contributed by atoms with Gasteiger partial charge < -0.3 is 4.40 Å². The maximum atomic E-state index is 4.20. The van der Waals surface area contributed by atoms with Gasteiger partial charge in [0.15, 0.2) is 0 Å². The highest BCUT2D eigenvalue weighted by molar-refractivity contribution is 5.47. The Balaban J connectivity index is 0.000000442. The van der Waals surface area contributed by atoms with Gasteiger partial charge in [0.1, 0.15) is 5.82 Å². The molecule has 0 fully saturated rings. The van der Waals surface area contributed by atoms with Crippen molar-refractivity contribution in [2.75, 3.05) is 0 Å². The topological polar surface area (TPSA) is 17.3 Å². The second-order valence-corrected chi connectivity index (χ2v) is 2.80. The molecule has 2 aromatic rings. The number of hydrogen-bond acceptors (Lipinski definition) is 1. The highest BCUT2D eigenvalue weighted by atomic mass is 15.0. The van der Waals surface area contributed by atoms with Gasteiger partial charge in [0, 0.05) is 6.20 Å². The van der Waals surface area contributed by atoms with Crippen molar-refractivity contribution in [3.05, 3.63) is 35.9 Å². The lowest BCUT2D eigenvalue weighted by atomic mass is 10.3. The fourth-order valence-corrected chi connectivity index (χ4v) is 1.25. The molecule has 0 aliphatic carbocycles. The fraction of sp³-hybridized carbons (Fsp3) is 0.462. The minimum absolute atomic E-state index is 1.04. The summed E-state index contributed by atoms with van der Waals surface area (Å²) in [5.74, 6) is 1.04. The normalized spacial score (nSPS) is 8.67. The van der Waals surface area contributed by atoms with E-state index in [-0.39, 0.29) is 0 Å². The summed E-state index contributed by atoms with van der Waals surface area (Å²) in [7, 11) is 0. The van der Waals surface area contributed by atoms with E-state index in [0.717, 1.165) is 5.82 Å². The average Bonchev–Trinajstić information content (AvgIpc) is 2.65. The first-order valence-electron chi connectivity index (χ1n) is 5.68. The van der Waals surface area contributed by atoms with Gasteiger partial charge >= 0.3 is 0 Å². The van der Waals surface area contributed by atoms with Gasteiger partial charge in [-0.15, -0.1) is 0 Å². The molecule has 0 radical (unpaired) electrons. The standard InChI is InChI=1S/C9H10N2.2C2H6/c1-7-3-4-11-8(2)10-6-9(11)5-7;2*1-2/h3-6H,1-2H3;2*1-2H3. The molecule has 84 valence electrons. The summed E-state index contributed by atoms with van der Waals surface area (Å²) in [5, 5.41) is 0. The predicted octanol–water partition coefficient (Wildman–Crippen LogP) is 4.00. The predicted molar refractivity (Wildman–Crippen MR) is 67.4 cm³/mol. The quantitative estimate of drug-likeness (QED) is 0.636. The Labute approximate surface area is 93.0 Å². The van der Waals surface area contributed by atoms with E-state index in [0.29, 0.717) is 0 Å². The van der Waals surface area contributed by atoms with Crippen molar-refractivity contribution in [3.8, 4) is 0 Å². The van der Waals surface area contributed by atoms with Gasteiger partial charge in [-0.2, -0.15) is 0 Å². The van der Waals surface area contributed by atoms with Crippen molar-refractivity contribution in [1.29, 1.82) is 0 Å². The molecule has 2 rings (SSSR count). The molecule has 0 aromatic carbocycles. The second kappa shape index (κ2) is 7.04. The molecule has 0 aliphatic rings. The van der Waals surface area contributed by atoms with Crippen LogP contribution in [0.3, 0.4) is 0 Å². The minimum Gasteiger partial charge on any atom is -0.304 e. The molecule has 0 spiro atoms. The van der Waals surface area contributed by atoms with Gasteiger partial charge in [0.25, 0.3) is 0 Å². The van der Waals surface area contributed by atoms with Crippen LogP contribution in [0.15, 0.2) is 24.5 Å². The molecule has 0 amide bonds. The zero-order chi connectivity index (χ0) is 11.8. The molecule has 15 heavy (non-hydrogen) atoms. The lowest BCUT2D eigenvalue weighted by Crippen LogP contribution is -1.86. The van der Waals surface area contributed by atoms with E-state index < -0.39 is 0 Å². The van der Waals surface area contributed by atoms with E-state index >= 15 is 0 Å². The van der Waals surface area contributed by atoms with Crippen molar-refractivity contribution >= 4 is 5.52 Å². The Bertz CT molecular complexity index is 388. The van der Waals surface area contributed by atoms with E-state index in [9.17, 15) is 0 Å². The van der Waals surface area contributed by atoms with Crippen LogP contribution in [-0.4, -0.2) is 9.38 Å². The van der Waals surface area contributed by atoms with E-state index in [1.807, 2.05) is 47.0 Å². The molecular weight excluding hydrogens is 184 g/mol. The van der Waals surface area contributed by atoms with Gasteiger partial charge in [0.05, 0.1) is 11.7 Å². The van der Waals surface area contributed by atoms with Crippen LogP contribution >= 0.6 is 0 Å². The zero-order valence-electron chi connectivity index (χ0n) is 10.7. The highest BCUT2D eigenvalue weighted by Crippen LogP contribution is 2.07. The Hall–Kier alpha value is -1.31. The average molecular weight is 206 g/mol. The number of aromatic nitrogens is 2. The van der Waals surface area contributed by atoms with Crippen LogP contribution < -0.4 is 0 Å². The number of nitrogens with zero attached hydrogens (tertiary/aromatic N) is 2. The third-order valence-corrected chi connectivity index (χ3v) is 1.87. The number of rotatable bonds is 0. The molecule has 2 heteroatoms. The SMILES string of the molecule is CC.CC.Cc1ccn2c(C)ncc2c1. The molecule has 0 atom stereocenters. The molecule has 0 saturated heterocycles. The fourth-order valence-electron chi connectivity index (χ4n) is 1.25. The molecule has 0 aliphatic heterocycles. The van der Waals surface area contributed by atoms with Crippen LogP contribution in [0.5, 0.6) is 0 Å². The molecule has 0 bridgehead atoms. The molecule has 0 N–H and O–H groups in total. The van der Waals surface area contributed by atoms with Crippen LogP contribution in [0.2, 0.25) is 0 Å². The van der Waals surface area contributed by atoms with Crippen LogP contribution in [0.25, 0.3) is 5.52 Å². The summed E-state index contributed by atoms with van der Waals surface area (Å²) in [6, 6.07) is 4.21. The van der Waals surface area contributed by atoms with Crippen molar-refractivity contribution < 1.29 is 0 Å². The maximum absolute atomic E-state index is 4.20. The monoisotopic (exact) mass is 206 g/mol. The first kappa shape index (κ1) is 13.7. The van der Waals surface area contributed by atoms with Crippen molar-refractivity contribution in [3.63, 3.8) is 0 Å². The lowest BCUT2D eigenvalue weighted by Gasteiger charge is -1.95. The van der Waals surface area contributed by atoms with E-state index in [4.69, 9.17) is 0 Å². The Kier molecular flexibility index (Phi) is 6.43. The van der Waals surface area contributed by atoms with Crippen LogP contribution in [0.4, 0.5) is 0 Å². The molecular formula is C13H22N2. The van der Waals surface area contributed by atoms with E-state index in [1.165, 1.54) is 11.1 Å². The van der Waals surface area contributed by atoms with Crippen LogP contribution in [0.1, 0.15) is 39.1 Å². The van der Waals surface area contributed by atoms with Gasteiger partial charge in [-0.25, -0.2) is 4.98 Å². The summed E-state index contributed by atoms with van der Waals surface area (Å²) in [4.78, 5) is 4.20. The molecule has 2 nitrogen and oxygen atoms in total. The first-order valence-corrected chi connectivity index (χ1v) is 5.68. The number of hydrogen-bond donors (Lipinski definition) is 0. The van der Waals surface area contributed by atoms with Gasteiger partial charge in [0.2, 0.25) is 0 Å². The smallest absolute Gasteiger partial charge is 0.110 e. The minimum atomic E-state index is 1.04. The lowest BCUT2D eigenvalue weighted by molar-refractivity contribution is 1.04. The van der Waals surface area contributed by atoms with E-state index in [2.05, 4.69) is 28.4 Å². The van der Waals surface area contributed by atoms with Crippen LogP contribution in [-0.2, 0) is 0 Å². The summed E-state index contributed by atoms with van der Waals surface area (Å²) < 4.78 is 2.08. The summed E-state index contributed by atoms with van der Waals surface area (Å²) in [6.07, 6.45) is 3.94. The summed E-state index contributed by atoms with van der Waals surface area (Å²) >= 11 is 0. The van der Waals surface area contributed by atoms with Crippen molar-refractivity contribution in [2.24, 2.45) is 0 Å². The van der Waals surface area contributed by atoms with Gasteiger partial charge in [-0.05, 0) is 31.5 Å². The molecule has 0 unspecified atom stereocenters. The van der Waals surface area contributed by atoms with Crippen molar-refractivity contribution in [1.82, 2.24) is 9.38 Å². The highest BCUT2D eigenvalue weighted by Gasteiger charge is 1.95. The third kappa shape index (κ3) is 3.39. The third-order valence-electron chi connectivity index (χ3n) is 1.87. The summed E-state index contributed by atoms with van der Waals surface area (Å²) in [5.41, 5.74) is 2.44. The maximum Gasteiger partial charge on any atom is 0.110 e. The summed E-state index contributed by atoms with van der Waals surface area (Å²) in [6.45, 7) is 12.1. The van der Waals surface area contributed by atoms with Crippen LogP contribution in [0, 0.1) is 13.8 Å². The Morgan fingerprint density at radius 3 is 2.27 bits per heavy atom. The molecule has 2 heterocycles. The second-order valence-electron chi connectivity index (χ2n) is 2.80. The Morgan fingerprint density at radius 1 is 1.07 bits per heavy atom. The number of aryl methyl sites for hydroxylation is 2. The zero-order valence-corrected chi connectivity index (χ0v) is 10.7. The van der Waals surface area contributed by atoms with Crippen molar-refractivity contribution in [2.45, 2.75) is 41.5 Å². The largest absolute Gasteiger partial charge is 0.304 e. The first-order chi connectivity index (χ1) is 7.27. The number of fused-ring (bicyclic) bond motifs is 1. The van der Waals surface area contributed by atoms with Gasteiger partial charge in [-0.3, -0.25) is 0 Å². The molecule has 0 saturated carbocycles. The van der Waals surface area contributed by atoms with Gasteiger partial charge in [-0.1, -0.05) is 27.7 Å². The number of imidazole rings is 1. The Morgan fingerprint density at radius 2 is 1.67 bits per heavy atom. The van der Waals surface area contributed by atoms with E-state index in [1.54, 1.807) is 0 Å². The number of pyridine rings is 1. The molecule has 2 aromatic heterocycles.